The Morgan fingerprint density at radius 3 is 2.80 bits per heavy atom. The second kappa shape index (κ2) is 6.92. The molecule has 5 nitrogen and oxygen atoms in total. The predicted octanol–water partition coefficient (Wildman–Crippen LogP) is 1.95. The highest BCUT2D eigenvalue weighted by atomic mass is 16.6. The molecule has 1 rings (SSSR count). The molecule has 0 bridgehead atoms. The minimum atomic E-state index is -0.519. The molecule has 3 N–H and O–H groups in total. The van der Waals surface area contributed by atoms with Gasteiger partial charge in [0.05, 0.1) is 11.6 Å². The number of carbonyl (C=O) groups is 1. The molecule has 0 aliphatic carbocycles. The van der Waals surface area contributed by atoms with Gasteiger partial charge in [-0.1, -0.05) is 12.1 Å². The Kier molecular flexibility index (Phi) is 5.53. The molecule has 1 aromatic carbocycles. The van der Waals surface area contributed by atoms with E-state index in [4.69, 9.17) is 15.7 Å². The fraction of sp³-hybridized carbons (Fsp3) is 0.467. The Hall–Kier alpha value is -2.06. The first-order valence-corrected chi connectivity index (χ1v) is 6.51. The largest absolute Gasteiger partial charge is 0.444 e. The lowest BCUT2D eigenvalue weighted by Crippen LogP contribution is -2.41. The van der Waals surface area contributed by atoms with Gasteiger partial charge in [-0.15, -0.1) is 0 Å². The fourth-order valence-corrected chi connectivity index (χ4v) is 1.67. The van der Waals surface area contributed by atoms with E-state index in [9.17, 15) is 4.79 Å². The van der Waals surface area contributed by atoms with Gasteiger partial charge in [0.2, 0.25) is 0 Å². The van der Waals surface area contributed by atoms with E-state index in [1.165, 1.54) is 0 Å². The van der Waals surface area contributed by atoms with E-state index < -0.39 is 11.7 Å². The van der Waals surface area contributed by atoms with Gasteiger partial charge in [0, 0.05) is 12.6 Å². The number of carbonyl (C=O) groups excluding carboxylic acids is 1. The highest BCUT2D eigenvalue weighted by Gasteiger charge is 2.16. The van der Waals surface area contributed by atoms with Crippen LogP contribution >= 0.6 is 0 Å². The summed E-state index contributed by atoms with van der Waals surface area (Å²) in [5.74, 6) is 0. The van der Waals surface area contributed by atoms with Crippen molar-refractivity contribution in [2.45, 2.75) is 38.8 Å². The van der Waals surface area contributed by atoms with Gasteiger partial charge in [0.1, 0.15) is 5.60 Å². The Morgan fingerprint density at radius 1 is 1.50 bits per heavy atom. The molecule has 1 unspecified atom stereocenters. The number of nitriles is 1. The van der Waals surface area contributed by atoms with Crippen molar-refractivity contribution >= 4 is 6.09 Å². The zero-order chi connectivity index (χ0) is 15.2. The molecule has 0 radical (unpaired) electrons. The smallest absolute Gasteiger partial charge is 0.407 e. The number of hydrogen-bond acceptors (Lipinski definition) is 4. The lowest BCUT2D eigenvalue weighted by Gasteiger charge is -2.20. The van der Waals surface area contributed by atoms with Crippen molar-refractivity contribution in [1.82, 2.24) is 5.32 Å². The number of nitrogens with zero attached hydrogens (tertiary/aromatic N) is 1. The first-order valence-electron chi connectivity index (χ1n) is 6.51. The lowest BCUT2D eigenvalue weighted by molar-refractivity contribution is 0.0524. The monoisotopic (exact) mass is 275 g/mol. The van der Waals surface area contributed by atoms with Crippen molar-refractivity contribution < 1.29 is 9.53 Å². The zero-order valence-electron chi connectivity index (χ0n) is 12.1. The molecule has 0 saturated carbocycles. The molecule has 0 aliphatic heterocycles. The van der Waals surface area contributed by atoms with Crippen LogP contribution in [0.5, 0.6) is 0 Å². The summed E-state index contributed by atoms with van der Waals surface area (Å²) in [4.78, 5) is 11.5. The Bertz CT molecular complexity index is 501. The summed E-state index contributed by atoms with van der Waals surface area (Å²) in [7, 11) is 0. The first kappa shape index (κ1) is 16.0. The van der Waals surface area contributed by atoms with Crippen LogP contribution in [-0.2, 0) is 11.2 Å². The number of nitrogens with two attached hydrogens (primary N) is 1. The van der Waals surface area contributed by atoms with Crippen LogP contribution in [-0.4, -0.2) is 24.3 Å². The number of hydrogen-bond donors (Lipinski definition) is 2. The molecular formula is C15H21N3O2. The Morgan fingerprint density at radius 2 is 2.20 bits per heavy atom. The number of alkyl carbamates (subject to hydrolysis) is 1. The van der Waals surface area contributed by atoms with Gasteiger partial charge in [0.25, 0.3) is 0 Å². The molecule has 1 aromatic rings. The van der Waals surface area contributed by atoms with E-state index in [1.807, 2.05) is 12.1 Å². The molecule has 0 saturated heterocycles. The molecule has 0 aliphatic rings. The maximum absolute atomic E-state index is 11.5. The third-order valence-corrected chi connectivity index (χ3v) is 2.46. The molecule has 0 spiro atoms. The summed E-state index contributed by atoms with van der Waals surface area (Å²) in [5, 5.41) is 11.5. The van der Waals surface area contributed by atoms with Gasteiger partial charge in [-0.3, -0.25) is 0 Å². The molecule has 1 atom stereocenters. The van der Waals surface area contributed by atoms with E-state index in [2.05, 4.69) is 11.4 Å². The molecule has 0 aromatic heterocycles. The second-order valence-corrected chi connectivity index (χ2v) is 5.66. The van der Waals surface area contributed by atoms with Gasteiger partial charge >= 0.3 is 6.09 Å². The highest BCUT2D eigenvalue weighted by molar-refractivity contribution is 5.67. The normalized spacial score (nSPS) is 12.3. The van der Waals surface area contributed by atoms with E-state index in [0.717, 1.165) is 5.56 Å². The summed E-state index contributed by atoms with van der Waals surface area (Å²) in [6.07, 6.45) is 0.115. The Labute approximate surface area is 119 Å². The zero-order valence-corrected chi connectivity index (χ0v) is 12.1. The fourth-order valence-electron chi connectivity index (χ4n) is 1.67. The van der Waals surface area contributed by atoms with Crippen LogP contribution in [0.25, 0.3) is 0 Å². The molecule has 0 heterocycles. The van der Waals surface area contributed by atoms with Crippen LogP contribution < -0.4 is 11.1 Å². The summed E-state index contributed by atoms with van der Waals surface area (Å²) in [6.45, 7) is 5.74. The van der Waals surface area contributed by atoms with Gasteiger partial charge in [0.15, 0.2) is 0 Å². The van der Waals surface area contributed by atoms with E-state index in [0.29, 0.717) is 18.5 Å². The number of ether oxygens (including phenoxy) is 1. The van der Waals surface area contributed by atoms with Crippen molar-refractivity contribution in [3.63, 3.8) is 0 Å². The molecular weight excluding hydrogens is 254 g/mol. The third kappa shape index (κ3) is 6.21. The van der Waals surface area contributed by atoms with Gasteiger partial charge in [-0.25, -0.2) is 4.79 Å². The summed E-state index contributed by atoms with van der Waals surface area (Å²) >= 11 is 0. The molecule has 20 heavy (non-hydrogen) atoms. The molecule has 5 heteroatoms. The van der Waals surface area contributed by atoms with Crippen LogP contribution in [0.15, 0.2) is 24.3 Å². The topological polar surface area (TPSA) is 88.1 Å². The van der Waals surface area contributed by atoms with Crippen LogP contribution in [0.4, 0.5) is 4.79 Å². The minimum absolute atomic E-state index is 0.225. The van der Waals surface area contributed by atoms with Crippen molar-refractivity contribution in [3.05, 3.63) is 35.4 Å². The number of rotatable bonds is 4. The predicted molar refractivity (Wildman–Crippen MR) is 77.1 cm³/mol. The van der Waals surface area contributed by atoms with Gasteiger partial charge in [-0.05, 0) is 44.9 Å². The number of nitrogens with one attached hydrogen (secondary N) is 1. The highest BCUT2D eigenvalue weighted by Crippen LogP contribution is 2.07. The maximum atomic E-state index is 11.5. The molecule has 108 valence electrons. The molecule has 0 fully saturated rings. The van der Waals surface area contributed by atoms with E-state index >= 15 is 0 Å². The molecule has 1 amide bonds. The average molecular weight is 275 g/mol. The van der Waals surface area contributed by atoms with E-state index in [1.54, 1.807) is 32.9 Å². The number of amides is 1. The summed E-state index contributed by atoms with van der Waals surface area (Å²) < 4.78 is 5.13. The summed E-state index contributed by atoms with van der Waals surface area (Å²) in [6, 6.07) is 9.14. The van der Waals surface area contributed by atoms with Crippen molar-refractivity contribution in [3.8, 4) is 6.07 Å². The average Bonchev–Trinajstić information content (AvgIpc) is 2.34. The summed E-state index contributed by atoms with van der Waals surface area (Å²) in [5.41, 5.74) is 7.02. The Balaban J connectivity index is 2.42. The van der Waals surface area contributed by atoms with Gasteiger partial charge < -0.3 is 15.8 Å². The van der Waals surface area contributed by atoms with Crippen LogP contribution in [0.1, 0.15) is 31.9 Å². The van der Waals surface area contributed by atoms with Crippen molar-refractivity contribution in [2.75, 3.05) is 6.54 Å². The lowest BCUT2D eigenvalue weighted by atomic mass is 10.0. The van der Waals surface area contributed by atoms with E-state index in [-0.39, 0.29) is 6.04 Å². The number of benzene rings is 1. The second-order valence-electron chi connectivity index (χ2n) is 5.66. The minimum Gasteiger partial charge on any atom is -0.444 e. The van der Waals surface area contributed by atoms with Crippen molar-refractivity contribution in [2.24, 2.45) is 5.73 Å². The van der Waals surface area contributed by atoms with Crippen LogP contribution in [0, 0.1) is 11.3 Å². The quantitative estimate of drug-likeness (QED) is 0.879. The third-order valence-electron chi connectivity index (χ3n) is 2.46. The maximum Gasteiger partial charge on any atom is 0.407 e. The van der Waals surface area contributed by atoms with Crippen LogP contribution in [0.3, 0.4) is 0 Å². The first-order chi connectivity index (χ1) is 9.30. The standard InChI is InChI=1S/C15H21N3O2/c1-15(2,3)20-14(19)18-10-13(17)8-11-5-4-6-12(7-11)9-16/h4-7,13H,8,10,17H2,1-3H3,(H,18,19). The van der Waals surface area contributed by atoms with Gasteiger partial charge in [-0.2, -0.15) is 5.26 Å². The van der Waals surface area contributed by atoms with Crippen molar-refractivity contribution in [1.29, 1.82) is 5.26 Å². The SMILES string of the molecule is CC(C)(C)OC(=O)NCC(N)Cc1cccc(C#N)c1. The van der Waals surface area contributed by atoms with Crippen LogP contribution in [0.2, 0.25) is 0 Å².